The molecule has 74 valence electrons. The molecule has 2 nitrogen and oxygen atoms in total. The van der Waals surface area contributed by atoms with E-state index < -0.39 is 0 Å². The first kappa shape index (κ1) is 10.7. The second kappa shape index (κ2) is 5.41. The fourth-order valence-electron chi connectivity index (χ4n) is 1.25. The minimum atomic E-state index is 0.150. The lowest BCUT2D eigenvalue weighted by Crippen LogP contribution is -2.26. The van der Waals surface area contributed by atoms with Gasteiger partial charge < -0.3 is 0 Å². The van der Waals surface area contributed by atoms with Crippen LogP contribution in [0.3, 0.4) is 0 Å². The summed E-state index contributed by atoms with van der Waals surface area (Å²) in [5.41, 5.74) is 2.08. The van der Waals surface area contributed by atoms with Crippen molar-refractivity contribution in [3.8, 4) is 12.3 Å². The van der Waals surface area contributed by atoms with Gasteiger partial charge in [-0.15, -0.1) is 6.42 Å². The van der Waals surface area contributed by atoms with Gasteiger partial charge in [-0.3, -0.25) is 10.3 Å². The summed E-state index contributed by atoms with van der Waals surface area (Å²) < 4.78 is 0. The molecular formula is C12H16N2. The van der Waals surface area contributed by atoms with Gasteiger partial charge in [0.1, 0.15) is 0 Å². The van der Waals surface area contributed by atoms with E-state index in [0.717, 1.165) is 24.4 Å². The van der Waals surface area contributed by atoms with Gasteiger partial charge in [0.25, 0.3) is 0 Å². The molecule has 0 aliphatic carbocycles. The quantitative estimate of drug-likeness (QED) is 0.730. The van der Waals surface area contributed by atoms with Crippen molar-refractivity contribution in [1.82, 2.24) is 10.3 Å². The number of pyridine rings is 1. The number of aromatic nitrogens is 1. The largest absolute Gasteiger partial charge is 0.298 e. The first-order chi connectivity index (χ1) is 6.76. The van der Waals surface area contributed by atoms with Crippen molar-refractivity contribution >= 4 is 0 Å². The molecule has 0 bridgehead atoms. The van der Waals surface area contributed by atoms with Crippen LogP contribution in [0.4, 0.5) is 0 Å². The summed E-state index contributed by atoms with van der Waals surface area (Å²) in [6.07, 6.45) is 6.29. The highest BCUT2D eigenvalue weighted by Gasteiger charge is 2.01. The first-order valence-electron chi connectivity index (χ1n) is 4.88. The fourth-order valence-corrected chi connectivity index (χ4v) is 1.25. The summed E-state index contributed by atoms with van der Waals surface area (Å²) in [7, 11) is 0. The van der Waals surface area contributed by atoms with Gasteiger partial charge in [0.15, 0.2) is 0 Å². The van der Waals surface area contributed by atoms with Crippen molar-refractivity contribution in [1.29, 1.82) is 0 Å². The Balaban J connectivity index is 2.50. The van der Waals surface area contributed by atoms with Crippen LogP contribution >= 0.6 is 0 Å². The normalized spacial score (nSPS) is 12.1. The third kappa shape index (κ3) is 3.20. The lowest BCUT2D eigenvalue weighted by Gasteiger charge is -2.09. The van der Waals surface area contributed by atoms with Gasteiger partial charge in [0.2, 0.25) is 0 Å². The van der Waals surface area contributed by atoms with E-state index in [1.807, 2.05) is 25.1 Å². The lowest BCUT2D eigenvalue weighted by atomic mass is 10.2. The summed E-state index contributed by atoms with van der Waals surface area (Å²) in [5.74, 6) is 2.70. The second-order valence-electron chi connectivity index (χ2n) is 3.28. The van der Waals surface area contributed by atoms with Crippen molar-refractivity contribution in [2.75, 3.05) is 0 Å². The standard InChI is InChI=1S/C12H16N2/c1-4-11(5-2)13-9-12-8-6-7-10(3)14-12/h1,6-8,11,13H,5,9H2,2-3H3. The van der Waals surface area contributed by atoms with E-state index in [2.05, 4.69) is 23.1 Å². The minimum absolute atomic E-state index is 0.150. The molecule has 0 radical (unpaired) electrons. The average molecular weight is 188 g/mol. The van der Waals surface area contributed by atoms with Crippen LogP contribution in [-0.4, -0.2) is 11.0 Å². The summed E-state index contributed by atoms with van der Waals surface area (Å²) in [6.45, 7) is 4.80. The summed E-state index contributed by atoms with van der Waals surface area (Å²) in [5, 5.41) is 3.26. The molecule has 0 spiro atoms. The monoisotopic (exact) mass is 188 g/mol. The maximum Gasteiger partial charge on any atom is 0.0687 e. The SMILES string of the molecule is C#CC(CC)NCc1cccc(C)n1. The van der Waals surface area contributed by atoms with Gasteiger partial charge in [0, 0.05) is 12.2 Å². The maximum atomic E-state index is 5.34. The fraction of sp³-hybridized carbons (Fsp3) is 0.417. The van der Waals surface area contributed by atoms with E-state index in [4.69, 9.17) is 6.42 Å². The molecule has 0 saturated carbocycles. The van der Waals surface area contributed by atoms with Crippen LogP contribution < -0.4 is 5.32 Å². The van der Waals surface area contributed by atoms with Crippen LogP contribution in [0.2, 0.25) is 0 Å². The molecule has 1 atom stereocenters. The zero-order chi connectivity index (χ0) is 10.4. The third-order valence-electron chi connectivity index (χ3n) is 2.09. The number of hydrogen-bond acceptors (Lipinski definition) is 2. The number of rotatable bonds is 4. The Hall–Kier alpha value is -1.33. The Kier molecular flexibility index (Phi) is 4.15. The molecule has 1 rings (SSSR count). The Bertz CT molecular complexity index is 325. The van der Waals surface area contributed by atoms with Gasteiger partial charge in [-0.25, -0.2) is 0 Å². The zero-order valence-electron chi connectivity index (χ0n) is 8.75. The summed E-state index contributed by atoms with van der Waals surface area (Å²) >= 11 is 0. The Labute approximate surface area is 85.8 Å². The smallest absolute Gasteiger partial charge is 0.0687 e. The third-order valence-corrected chi connectivity index (χ3v) is 2.09. The molecule has 14 heavy (non-hydrogen) atoms. The predicted octanol–water partition coefficient (Wildman–Crippen LogP) is 1.89. The van der Waals surface area contributed by atoms with E-state index in [9.17, 15) is 0 Å². The van der Waals surface area contributed by atoms with Gasteiger partial charge in [-0.1, -0.05) is 18.9 Å². The molecule has 0 aliphatic heterocycles. The number of nitrogens with one attached hydrogen (secondary N) is 1. The average Bonchev–Trinajstić information content (AvgIpc) is 2.19. The number of aryl methyl sites for hydroxylation is 1. The van der Waals surface area contributed by atoms with Crippen LogP contribution in [0, 0.1) is 19.3 Å². The molecule has 0 fully saturated rings. The first-order valence-corrected chi connectivity index (χ1v) is 4.88. The van der Waals surface area contributed by atoms with Crippen LogP contribution in [-0.2, 0) is 6.54 Å². The van der Waals surface area contributed by atoms with Crippen LogP contribution in [0.15, 0.2) is 18.2 Å². The number of hydrogen-bond donors (Lipinski definition) is 1. The van der Waals surface area contributed by atoms with E-state index >= 15 is 0 Å². The minimum Gasteiger partial charge on any atom is -0.298 e. The molecule has 1 aromatic heterocycles. The Morgan fingerprint density at radius 3 is 2.93 bits per heavy atom. The highest BCUT2D eigenvalue weighted by molar-refractivity contribution is 5.10. The van der Waals surface area contributed by atoms with Crippen molar-refractivity contribution in [2.24, 2.45) is 0 Å². The highest BCUT2D eigenvalue weighted by atomic mass is 14.9. The summed E-state index contributed by atoms with van der Waals surface area (Å²) in [6, 6.07) is 6.15. The molecule has 1 heterocycles. The molecule has 0 aromatic carbocycles. The van der Waals surface area contributed by atoms with Crippen molar-refractivity contribution < 1.29 is 0 Å². The van der Waals surface area contributed by atoms with Gasteiger partial charge in [-0.2, -0.15) is 0 Å². The van der Waals surface area contributed by atoms with Gasteiger partial charge in [0.05, 0.1) is 11.7 Å². The predicted molar refractivity (Wildman–Crippen MR) is 58.7 cm³/mol. The van der Waals surface area contributed by atoms with Crippen molar-refractivity contribution in [2.45, 2.75) is 32.9 Å². The zero-order valence-corrected chi connectivity index (χ0v) is 8.75. The molecule has 0 aliphatic rings. The molecule has 1 aromatic rings. The molecule has 2 heteroatoms. The molecule has 0 amide bonds. The van der Waals surface area contributed by atoms with Crippen molar-refractivity contribution in [3.05, 3.63) is 29.6 Å². The van der Waals surface area contributed by atoms with E-state index in [1.54, 1.807) is 0 Å². The van der Waals surface area contributed by atoms with Crippen LogP contribution in [0.1, 0.15) is 24.7 Å². The van der Waals surface area contributed by atoms with Crippen LogP contribution in [0.5, 0.6) is 0 Å². The van der Waals surface area contributed by atoms with Crippen molar-refractivity contribution in [3.63, 3.8) is 0 Å². The molecule has 0 saturated heterocycles. The van der Waals surface area contributed by atoms with Crippen LogP contribution in [0.25, 0.3) is 0 Å². The second-order valence-corrected chi connectivity index (χ2v) is 3.28. The highest BCUT2D eigenvalue weighted by Crippen LogP contribution is 1.98. The molecule has 1 unspecified atom stereocenters. The van der Waals surface area contributed by atoms with E-state index in [1.165, 1.54) is 0 Å². The molecule has 1 N–H and O–H groups in total. The number of terminal acetylenes is 1. The topological polar surface area (TPSA) is 24.9 Å². The molecular weight excluding hydrogens is 172 g/mol. The van der Waals surface area contributed by atoms with Gasteiger partial charge in [-0.05, 0) is 25.5 Å². The number of nitrogens with zero attached hydrogens (tertiary/aromatic N) is 1. The summed E-state index contributed by atoms with van der Waals surface area (Å²) in [4.78, 5) is 4.38. The lowest BCUT2D eigenvalue weighted by molar-refractivity contribution is 0.585. The van der Waals surface area contributed by atoms with E-state index in [-0.39, 0.29) is 6.04 Å². The van der Waals surface area contributed by atoms with E-state index in [0.29, 0.717) is 0 Å². The van der Waals surface area contributed by atoms with Gasteiger partial charge >= 0.3 is 0 Å². The Morgan fingerprint density at radius 2 is 2.36 bits per heavy atom. The Morgan fingerprint density at radius 1 is 1.57 bits per heavy atom. The maximum absolute atomic E-state index is 5.34.